The Kier molecular flexibility index (Phi) is 4.59. The lowest BCUT2D eigenvalue weighted by Crippen LogP contribution is -2.46. The number of carbonyl (C=O) groups excluding carboxylic acids is 1. The second-order valence-electron chi connectivity index (χ2n) is 6.40. The van der Waals surface area contributed by atoms with E-state index in [0.29, 0.717) is 5.91 Å². The zero-order chi connectivity index (χ0) is 14.7. The number of nitrogens with one attached hydrogen (secondary N) is 1. The summed E-state index contributed by atoms with van der Waals surface area (Å²) in [7, 11) is 0. The molecule has 1 N–H and O–H groups in total. The van der Waals surface area contributed by atoms with Crippen LogP contribution in [-0.2, 0) is 4.79 Å². The number of likely N-dealkylation sites (N-methyl/N-ethyl adjacent to an activating group) is 1. The molecule has 1 aromatic carbocycles. The predicted octanol–water partition coefficient (Wildman–Crippen LogP) is 3.13. The average Bonchev–Trinajstić information content (AvgIpc) is 3.33. The number of carbonyl (C=O) groups is 1. The molecule has 1 saturated heterocycles. The maximum atomic E-state index is 12.9. The number of likely N-dealkylation sites (tertiary alicyclic amines) is 1. The molecule has 1 aliphatic heterocycles. The van der Waals surface area contributed by atoms with Crippen LogP contribution in [0.2, 0.25) is 0 Å². The average molecular weight is 286 g/mol. The fourth-order valence-electron chi connectivity index (χ4n) is 3.40. The monoisotopic (exact) mass is 286 g/mol. The Balaban J connectivity index is 1.84. The summed E-state index contributed by atoms with van der Waals surface area (Å²) in [4.78, 5) is 15.1. The molecule has 1 amide bonds. The van der Waals surface area contributed by atoms with Crippen molar-refractivity contribution in [1.29, 1.82) is 0 Å². The summed E-state index contributed by atoms with van der Waals surface area (Å²) in [5.41, 5.74) is 1.30. The lowest BCUT2D eigenvalue weighted by atomic mass is 10.0. The van der Waals surface area contributed by atoms with E-state index >= 15 is 0 Å². The van der Waals surface area contributed by atoms with Gasteiger partial charge < -0.3 is 10.2 Å². The van der Waals surface area contributed by atoms with Gasteiger partial charge in [-0.1, -0.05) is 37.3 Å². The zero-order valence-electron chi connectivity index (χ0n) is 12.9. The zero-order valence-corrected chi connectivity index (χ0v) is 12.9. The van der Waals surface area contributed by atoms with Crippen molar-refractivity contribution in [2.24, 2.45) is 5.92 Å². The molecule has 0 aromatic heterocycles. The van der Waals surface area contributed by atoms with Crippen molar-refractivity contribution in [2.75, 3.05) is 13.1 Å². The molecule has 2 atom stereocenters. The summed E-state index contributed by atoms with van der Waals surface area (Å²) in [5, 5.41) is 3.38. The van der Waals surface area contributed by atoms with E-state index < -0.39 is 0 Å². The molecule has 0 radical (unpaired) electrons. The van der Waals surface area contributed by atoms with Crippen LogP contribution in [0.15, 0.2) is 30.3 Å². The van der Waals surface area contributed by atoms with Crippen LogP contribution in [0.4, 0.5) is 0 Å². The van der Waals surface area contributed by atoms with Gasteiger partial charge >= 0.3 is 0 Å². The van der Waals surface area contributed by atoms with Crippen LogP contribution in [0, 0.1) is 5.92 Å². The molecular weight excluding hydrogens is 260 g/mol. The molecule has 1 saturated carbocycles. The quantitative estimate of drug-likeness (QED) is 0.902. The molecule has 3 rings (SSSR count). The van der Waals surface area contributed by atoms with Crippen LogP contribution in [0.1, 0.15) is 50.6 Å². The molecular formula is C18H26N2O. The summed E-state index contributed by atoms with van der Waals surface area (Å²) in [5.74, 6) is 1.05. The molecule has 2 aliphatic rings. The molecule has 21 heavy (non-hydrogen) atoms. The van der Waals surface area contributed by atoms with Crippen LogP contribution in [0.3, 0.4) is 0 Å². The molecule has 114 valence electrons. The fraction of sp³-hybridized carbons (Fsp3) is 0.611. The smallest absolute Gasteiger partial charge is 0.240 e. The predicted molar refractivity (Wildman–Crippen MR) is 84.9 cm³/mol. The minimum atomic E-state index is 0.0162. The fourth-order valence-corrected chi connectivity index (χ4v) is 3.40. The second kappa shape index (κ2) is 6.61. The summed E-state index contributed by atoms with van der Waals surface area (Å²) in [6.07, 6.45) is 5.75. The number of nitrogens with zero attached hydrogens (tertiary/aromatic N) is 1. The first-order chi connectivity index (χ1) is 10.3. The molecule has 1 aliphatic carbocycles. The minimum absolute atomic E-state index is 0.0162. The van der Waals surface area contributed by atoms with Crippen LogP contribution >= 0.6 is 0 Å². The molecule has 1 heterocycles. The highest BCUT2D eigenvalue weighted by Gasteiger charge is 2.36. The molecule has 0 spiro atoms. The third-order valence-corrected chi connectivity index (χ3v) is 4.71. The van der Waals surface area contributed by atoms with Crippen LogP contribution in [-0.4, -0.2) is 29.9 Å². The molecule has 2 fully saturated rings. The van der Waals surface area contributed by atoms with E-state index in [2.05, 4.69) is 47.5 Å². The third kappa shape index (κ3) is 3.46. The summed E-state index contributed by atoms with van der Waals surface area (Å²) >= 11 is 0. The van der Waals surface area contributed by atoms with E-state index in [0.717, 1.165) is 38.3 Å². The van der Waals surface area contributed by atoms with Crippen molar-refractivity contribution in [3.63, 3.8) is 0 Å². The first-order valence-corrected chi connectivity index (χ1v) is 8.38. The van der Waals surface area contributed by atoms with E-state index in [9.17, 15) is 4.79 Å². The topological polar surface area (TPSA) is 32.3 Å². The Morgan fingerprint density at radius 2 is 1.90 bits per heavy atom. The summed E-state index contributed by atoms with van der Waals surface area (Å²) < 4.78 is 0. The number of rotatable bonds is 5. The molecule has 0 unspecified atom stereocenters. The van der Waals surface area contributed by atoms with Crippen molar-refractivity contribution in [2.45, 2.75) is 51.1 Å². The second-order valence-corrected chi connectivity index (χ2v) is 6.40. The maximum Gasteiger partial charge on any atom is 0.240 e. The first-order valence-electron chi connectivity index (χ1n) is 8.38. The van der Waals surface area contributed by atoms with E-state index in [1.165, 1.54) is 18.4 Å². The molecule has 1 aromatic rings. The van der Waals surface area contributed by atoms with Gasteiger partial charge in [0.2, 0.25) is 5.91 Å². The number of amides is 1. The van der Waals surface area contributed by atoms with Gasteiger partial charge in [-0.3, -0.25) is 4.79 Å². The van der Waals surface area contributed by atoms with Gasteiger partial charge in [0.1, 0.15) is 0 Å². The van der Waals surface area contributed by atoms with Crippen molar-refractivity contribution in [3.05, 3.63) is 35.9 Å². The Labute approximate surface area is 127 Å². The van der Waals surface area contributed by atoms with Crippen molar-refractivity contribution in [3.8, 4) is 0 Å². The highest BCUT2D eigenvalue weighted by Crippen LogP contribution is 2.36. The third-order valence-electron chi connectivity index (χ3n) is 4.71. The lowest BCUT2D eigenvalue weighted by Gasteiger charge is -2.32. The summed E-state index contributed by atoms with van der Waals surface area (Å²) in [6.45, 7) is 3.89. The normalized spacial score (nSPS) is 26.7. The minimum Gasteiger partial charge on any atom is -0.334 e. The largest absolute Gasteiger partial charge is 0.334 e. The Bertz CT molecular complexity index is 469. The van der Waals surface area contributed by atoms with Gasteiger partial charge in [-0.2, -0.15) is 0 Å². The van der Waals surface area contributed by atoms with Gasteiger partial charge in [-0.05, 0) is 50.1 Å². The van der Waals surface area contributed by atoms with E-state index in [1.54, 1.807) is 0 Å². The van der Waals surface area contributed by atoms with Crippen LogP contribution in [0.5, 0.6) is 0 Å². The highest BCUT2D eigenvalue weighted by molar-refractivity contribution is 5.82. The van der Waals surface area contributed by atoms with Crippen LogP contribution in [0.25, 0.3) is 0 Å². The van der Waals surface area contributed by atoms with Gasteiger partial charge in [0.25, 0.3) is 0 Å². The van der Waals surface area contributed by atoms with Gasteiger partial charge in [0.05, 0.1) is 12.1 Å². The SMILES string of the molecule is CCN[C@H]1CCC[C@@H](c2ccccc2)N(CC2CC2)C1=O. The van der Waals surface area contributed by atoms with Gasteiger partial charge in [0, 0.05) is 6.54 Å². The standard InChI is InChI=1S/C18H26N2O/c1-2-19-16-9-6-10-17(15-7-4-3-5-8-15)20(18(16)21)13-14-11-12-14/h3-5,7-8,14,16-17,19H,2,6,9-13H2,1H3/t16-,17-/m0/s1. The van der Waals surface area contributed by atoms with Crippen molar-refractivity contribution < 1.29 is 4.79 Å². The molecule has 3 nitrogen and oxygen atoms in total. The Morgan fingerprint density at radius 3 is 2.57 bits per heavy atom. The maximum absolute atomic E-state index is 12.9. The van der Waals surface area contributed by atoms with E-state index in [-0.39, 0.29) is 12.1 Å². The van der Waals surface area contributed by atoms with Crippen LogP contribution < -0.4 is 5.32 Å². The molecule has 0 bridgehead atoms. The Morgan fingerprint density at radius 1 is 1.14 bits per heavy atom. The van der Waals surface area contributed by atoms with E-state index in [1.807, 2.05) is 0 Å². The van der Waals surface area contributed by atoms with Crippen molar-refractivity contribution in [1.82, 2.24) is 10.2 Å². The number of benzene rings is 1. The Hall–Kier alpha value is -1.35. The molecule has 3 heteroatoms. The van der Waals surface area contributed by atoms with E-state index in [4.69, 9.17) is 0 Å². The summed E-state index contributed by atoms with van der Waals surface area (Å²) in [6, 6.07) is 10.8. The first kappa shape index (κ1) is 14.6. The highest BCUT2D eigenvalue weighted by atomic mass is 16.2. The van der Waals surface area contributed by atoms with Gasteiger partial charge in [-0.25, -0.2) is 0 Å². The lowest BCUT2D eigenvalue weighted by molar-refractivity contribution is -0.135. The van der Waals surface area contributed by atoms with Gasteiger partial charge in [0.15, 0.2) is 0 Å². The number of hydrogen-bond acceptors (Lipinski definition) is 2. The van der Waals surface area contributed by atoms with Gasteiger partial charge in [-0.15, -0.1) is 0 Å². The number of hydrogen-bond donors (Lipinski definition) is 1. The van der Waals surface area contributed by atoms with Crippen molar-refractivity contribution >= 4 is 5.91 Å².